The van der Waals surface area contributed by atoms with Crippen molar-refractivity contribution in [2.75, 3.05) is 13.7 Å². The summed E-state index contributed by atoms with van der Waals surface area (Å²) in [7, 11) is 1.60. The highest BCUT2D eigenvalue weighted by atomic mass is 16.5. The predicted octanol–water partition coefficient (Wildman–Crippen LogP) is 6.04. The van der Waals surface area contributed by atoms with Crippen molar-refractivity contribution in [1.29, 1.82) is 0 Å². The summed E-state index contributed by atoms with van der Waals surface area (Å²) >= 11 is 0. The summed E-state index contributed by atoms with van der Waals surface area (Å²) in [6.07, 6.45) is 2.25. The van der Waals surface area contributed by atoms with Gasteiger partial charge in [0.2, 0.25) is 0 Å². The largest absolute Gasteiger partial charge is 0.497 e. The number of carbonyl (C=O) groups excluding carboxylic acids is 1. The Bertz CT molecular complexity index is 1360. The predicted molar refractivity (Wildman–Crippen MR) is 143 cm³/mol. The Morgan fingerprint density at radius 1 is 1.03 bits per heavy atom. The molecule has 0 amide bonds. The molecule has 6 nitrogen and oxygen atoms in total. The molecule has 0 spiro atoms. The lowest BCUT2D eigenvalue weighted by molar-refractivity contribution is -0.142. The lowest BCUT2D eigenvalue weighted by Crippen LogP contribution is -2.09. The number of carbonyl (C=O) groups is 1. The van der Waals surface area contributed by atoms with Crippen LogP contribution in [0.25, 0.3) is 22.0 Å². The first-order chi connectivity index (χ1) is 17.4. The molecule has 0 aliphatic carbocycles. The summed E-state index contributed by atoms with van der Waals surface area (Å²) in [4.78, 5) is 12.2. The monoisotopic (exact) mass is 486 g/mol. The Morgan fingerprint density at radius 3 is 2.58 bits per heavy atom. The van der Waals surface area contributed by atoms with Crippen LogP contribution in [0.2, 0.25) is 0 Å². The molecule has 1 heterocycles. The maximum absolute atomic E-state index is 12.2. The molecule has 6 heteroatoms. The van der Waals surface area contributed by atoms with Gasteiger partial charge in [-0.25, -0.2) is 0 Å². The summed E-state index contributed by atoms with van der Waals surface area (Å²) < 4.78 is 19.0. The zero-order chi connectivity index (χ0) is 25.7. The molecular formula is C30H34N2O4. The van der Waals surface area contributed by atoms with E-state index in [0.717, 1.165) is 33.3 Å². The maximum Gasteiger partial charge on any atom is 0.310 e. The van der Waals surface area contributed by atoms with Crippen LogP contribution in [-0.2, 0) is 29.1 Å². The zero-order valence-electron chi connectivity index (χ0n) is 21.4. The second-order valence-electron chi connectivity index (χ2n) is 9.04. The molecule has 36 heavy (non-hydrogen) atoms. The van der Waals surface area contributed by atoms with E-state index in [4.69, 9.17) is 19.9 Å². The topological polar surface area (TPSA) is 75.7 Å². The van der Waals surface area contributed by atoms with Gasteiger partial charge in [-0.3, -0.25) is 4.79 Å². The number of hydrogen-bond donors (Lipinski definition) is 1. The molecule has 0 fully saturated rings. The molecule has 0 atom stereocenters. The third-order valence-electron chi connectivity index (χ3n) is 6.23. The van der Waals surface area contributed by atoms with E-state index < -0.39 is 0 Å². The minimum atomic E-state index is -0.297. The quantitative estimate of drug-likeness (QED) is 0.277. The smallest absolute Gasteiger partial charge is 0.310 e. The van der Waals surface area contributed by atoms with Gasteiger partial charge in [0.15, 0.2) is 0 Å². The second kappa shape index (κ2) is 11.3. The van der Waals surface area contributed by atoms with Gasteiger partial charge in [0.05, 0.1) is 20.1 Å². The SMILES string of the molecule is CCOC(=O)Cc1cc(OC)ccc1OCc1cc(-c2cccc(CN)c2)c2ccn(C(C)C)c2c1. The summed E-state index contributed by atoms with van der Waals surface area (Å²) in [5.41, 5.74) is 12.2. The molecule has 0 saturated carbocycles. The molecular weight excluding hydrogens is 452 g/mol. The van der Waals surface area contributed by atoms with Crippen molar-refractivity contribution >= 4 is 16.9 Å². The van der Waals surface area contributed by atoms with Crippen molar-refractivity contribution < 1.29 is 19.0 Å². The third-order valence-corrected chi connectivity index (χ3v) is 6.23. The molecule has 0 radical (unpaired) electrons. The number of methoxy groups -OCH3 is 1. The van der Waals surface area contributed by atoms with E-state index in [-0.39, 0.29) is 12.4 Å². The lowest BCUT2D eigenvalue weighted by atomic mass is 9.97. The number of hydrogen-bond acceptors (Lipinski definition) is 5. The van der Waals surface area contributed by atoms with E-state index in [9.17, 15) is 4.79 Å². The number of benzene rings is 3. The van der Waals surface area contributed by atoms with Crippen LogP contribution in [0.5, 0.6) is 11.5 Å². The molecule has 0 saturated heterocycles. The van der Waals surface area contributed by atoms with Crippen LogP contribution >= 0.6 is 0 Å². The average molecular weight is 487 g/mol. The number of fused-ring (bicyclic) bond motifs is 1. The van der Waals surface area contributed by atoms with E-state index in [1.807, 2.05) is 30.3 Å². The Hall–Kier alpha value is -3.77. The molecule has 4 rings (SSSR count). The minimum Gasteiger partial charge on any atom is -0.497 e. The fourth-order valence-corrected chi connectivity index (χ4v) is 4.45. The molecule has 4 aromatic rings. The normalized spacial score (nSPS) is 11.2. The summed E-state index contributed by atoms with van der Waals surface area (Å²) in [5, 5.41) is 1.19. The van der Waals surface area contributed by atoms with Gasteiger partial charge in [-0.15, -0.1) is 0 Å². The van der Waals surface area contributed by atoms with Gasteiger partial charge in [0.25, 0.3) is 0 Å². The number of nitrogens with two attached hydrogens (primary N) is 1. The number of ether oxygens (including phenoxy) is 3. The Labute approximate surface area is 212 Å². The van der Waals surface area contributed by atoms with Crippen molar-refractivity contribution in [3.05, 3.63) is 83.6 Å². The van der Waals surface area contributed by atoms with Crippen LogP contribution in [0.15, 0.2) is 66.9 Å². The molecule has 0 bridgehead atoms. The number of esters is 1. The fraction of sp³-hybridized carbons (Fsp3) is 0.300. The summed E-state index contributed by atoms with van der Waals surface area (Å²) in [6, 6.07) is 20.7. The lowest BCUT2D eigenvalue weighted by Gasteiger charge is -2.16. The van der Waals surface area contributed by atoms with E-state index >= 15 is 0 Å². The van der Waals surface area contributed by atoms with Crippen LogP contribution in [0.4, 0.5) is 0 Å². The van der Waals surface area contributed by atoms with E-state index in [1.165, 1.54) is 5.39 Å². The molecule has 188 valence electrons. The van der Waals surface area contributed by atoms with Gasteiger partial charge < -0.3 is 24.5 Å². The molecule has 1 aromatic heterocycles. The zero-order valence-corrected chi connectivity index (χ0v) is 21.4. The third kappa shape index (κ3) is 5.55. The standard InChI is InChI=1S/C30H34N2O4/c1-5-35-30(33)17-24-16-25(34-4)9-10-29(24)36-19-22-14-27(23-8-6-7-21(13-23)18-31)26-11-12-32(20(2)3)28(26)15-22/h6-16,20H,5,17-19,31H2,1-4H3. The Balaban J connectivity index is 1.71. The van der Waals surface area contributed by atoms with Gasteiger partial charge in [-0.05, 0) is 85.5 Å². The molecule has 2 N–H and O–H groups in total. The van der Waals surface area contributed by atoms with Crippen LogP contribution < -0.4 is 15.2 Å². The van der Waals surface area contributed by atoms with Crippen molar-refractivity contribution in [2.24, 2.45) is 5.73 Å². The molecule has 3 aromatic carbocycles. The van der Waals surface area contributed by atoms with E-state index in [0.29, 0.717) is 37.3 Å². The van der Waals surface area contributed by atoms with Crippen molar-refractivity contribution in [3.63, 3.8) is 0 Å². The van der Waals surface area contributed by atoms with Crippen LogP contribution in [0, 0.1) is 0 Å². The molecule has 0 aliphatic rings. The van der Waals surface area contributed by atoms with Gasteiger partial charge >= 0.3 is 5.97 Å². The van der Waals surface area contributed by atoms with E-state index in [2.05, 4.69) is 54.9 Å². The van der Waals surface area contributed by atoms with Gasteiger partial charge in [0, 0.05) is 35.2 Å². The Kier molecular flexibility index (Phi) is 7.96. The van der Waals surface area contributed by atoms with Gasteiger partial charge in [0.1, 0.15) is 18.1 Å². The van der Waals surface area contributed by atoms with Gasteiger partial charge in [-0.1, -0.05) is 18.2 Å². The van der Waals surface area contributed by atoms with Crippen molar-refractivity contribution in [1.82, 2.24) is 4.57 Å². The second-order valence-corrected chi connectivity index (χ2v) is 9.04. The minimum absolute atomic E-state index is 0.118. The van der Waals surface area contributed by atoms with Crippen LogP contribution in [-0.4, -0.2) is 24.3 Å². The number of rotatable bonds is 10. The van der Waals surface area contributed by atoms with Gasteiger partial charge in [-0.2, -0.15) is 0 Å². The average Bonchev–Trinajstić information content (AvgIpc) is 3.32. The molecule has 0 aliphatic heterocycles. The summed E-state index contributed by atoms with van der Waals surface area (Å²) in [5.74, 6) is 1.00. The van der Waals surface area contributed by atoms with E-state index in [1.54, 1.807) is 14.0 Å². The fourth-order valence-electron chi connectivity index (χ4n) is 4.45. The number of nitrogens with zero attached hydrogens (tertiary/aromatic N) is 1. The van der Waals surface area contributed by atoms with Crippen molar-refractivity contribution in [3.8, 4) is 22.6 Å². The highest BCUT2D eigenvalue weighted by molar-refractivity contribution is 5.96. The Morgan fingerprint density at radius 2 is 1.86 bits per heavy atom. The van der Waals surface area contributed by atoms with Crippen LogP contribution in [0.1, 0.15) is 43.5 Å². The van der Waals surface area contributed by atoms with Crippen molar-refractivity contribution in [2.45, 2.75) is 46.4 Å². The maximum atomic E-state index is 12.2. The highest BCUT2D eigenvalue weighted by Gasteiger charge is 2.15. The number of aromatic nitrogens is 1. The first-order valence-electron chi connectivity index (χ1n) is 12.3. The molecule has 0 unspecified atom stereocenters. The van der Waals surface area contributed by atoms with Crippen LogP contribution in [0.3, 0.4) is 0 Å². The highest BCUT2D eigenvalue weighted by Crippen LogP contribution is 2.34. The first-order valence-corrected chi connectivity index (χ1v) is 12.3. The summed E-state index contributed by atoms with van der Waals surface area (Å²) in [6.45, 7) is 7.33. The first kappa shape index (κ1) is 25.3.